The fourth-order valence-corrected chi connectivity index (χ4v) is 3.59. The number of nitrogens with two attached hydrogens (primary N) is 1. The van der Waals surface area contributed by atoms with Crippen LogP contribution in [0.3, 0.4) is 0 Å². The van der Waals surface area contributed by atoms with Gasteiger partial charge in [0.25, 0.3) is 0 Å². The number of rotatable bonds is 2. The van der Waals surface area contributed by atoms with Crippen molar-refractivity contribution in [3.63, 3.8) is 0 Å². The van der Waals surface area contributed by atoms with Crippen molar-refractivity contribution in [1.29, 1.82) is 0 Å². The summed E-state index contributed by atoms with van der Waals surface area (Å²) < 4.78 is 0. The second-order valence-corrected chi connectivity index (χ2v) is 6.40. The molecule has 1 atom stereocenters. The first-order chi connectivity index (χ1) is 11.2. The van der Waals surface area contributed by atoms with Crippen LogP contribution in [0.1, 0.15) is 23.6 Å². The summed E-state index contributed by atoms with van der Waals surface area (Å²) in [5.41, 5.74) is 11.6. The molecule has 0 unspecified atom stereocenters. The Labute approximate surface area is 136 Å². The van der Waals surface area contributed by atoms with E-state index in [2.05, 4.69) is 53.2 Å². The monoisotopic (exact) mass is 303 g/mol. The van der Waals surface area contributed by atoms with E-state index in [1.54, 1.807) is 0 Å². The molecular weight excluding hydrogens is 282 g/mol. The first-order valence-electron chi connectivity index (χ1n) is 8.17. The molecule has 1 saturated heterocycles. The summed E-state index contributed by atoms with van der Waals surface area (Å²) >= 11 is 0. The molecule has 0 saturated carbocycles. The van der Waals surface area contributed by atoms with Crippen LogP contribution in [0.5, 0.6) is 0 Å². The number of pyridine rings is 1. The molecule has 3 aromatic rings. The van der Waals surface area contributed by atoms with Crippen molar-refractivity contribution in [2.45, 2.75) is 19.3 Å². The fraction of sp³-hybridized carbons (Fsp3) is 0.250. The SMILES string of the molecule is Cc1cc(N2CC[C@H](c3ccccc3)C2)c2cc(N)ccc2n1. The normalized spacial score (nSPS) is 17.8. The van der Waals surface area contributed by atoms with Crippen molar-refractivity contribution in [2.24, 2.45) is 0 Å². The molecule has 23 heavy (non-hydrogen) atoms. The highest BCUT2D eigenvalue weighted by Gasteiger charge is 2.25. The summed E-state index contributed by atoms with van der Waals surface area (Å²) in [4.78, 5) is 7.12. The Kier molecular flexibility index (Phi) is 3.41. The maximum atomic E-state index is 6.00. The first-order valence-corrected chi connectivity index (χ1v) is 8.17. The molecule has 2 heterocycles. The molecule has 1 aliphatic heterocycles. The third-order valence-electron chi connectivity index (χ3n) is 4.74. The molecule has 4 rings (SSSR count). The van der Waals surface area contributed by atoms with Crippen molar-refractivity contribution in [1.82, 2.24) is 4.98 Å². The zero-order valence-corrected chi connectivity index (χ0v) is 13.4. The molecule has 1 aromatic heterocycles. The lowest BCUT2D eigenvalue weighted by Gasteiger charge is -2.21. The molecule has 0 bridgehead atoms. The van der Waals surface area contributed by atoms with Crippen LogP contribution in [0.25, 0.3) is 10.9 Å². The van der Waals surface area contributed by atoms with Gasteiger partial charge in [0, 0.05) is 41.5 Å². The summed E-state index contributed by atoms with van der Waals surface area (Å²) in [5.74, 6) is 0.598. The van der Waals surface area contributed by atoms with Gasteiger partial charge in [0.2, 0.25) is 0 Å². The van der Waals surface area contributed by atoms with Crippen LogP contribution >= 0.6 is 0 Å². The maximum Gasteiger partial charge on any atom is 0.0727 e. The molecular formula is C20H21N3. The maximum absolute atomic E-state index is 6.00. The van der Waals surface area contributed by atoms with Crippen LogP contribution in [0.15, 0.2) is 54.6 Å². The Morgan fingerprint density at radius 3 is 2.74 bits per heavy atom. The Morgan fingerprint density at radius 2 is 1.91 bits per heavy atom. The molecule has 0 aliphatic carbocycles. The van der Waals surface area contributed by atoms with E-state index >= 15 is 0 Å². The van der Waals surface area contributed by atoms with Crippen molar-refractivity contribution in [3.8, 4) is 0 Å². The summed E-state index contributed by atoms with van der Waals surface area (Å²) in [6, 6.07) is 19.0. The number of anilines is 2. The van der Waals surface area contributed by atoms with Gasteiger partial charge in [-0.3, -0.25) is 4.98 Å². The van der Waals surface area contributed by atoms with Gasteiger partial charge in [0.05, 0.1) is 5.52 Å². The molecule has 116 valence electrons. The van der Waals surface area contributed by atoms with E-state index in [1.807, 2.05) is 18.2 Å². The lowest BCUT2D eigenvalue weighted by Crippen LogP contribution is -2.20. The highest BCUT2D eigenvalue weighted by atomic mass is 15.2. The smallest absolute Gasteiger partial charge is 0.0727 e. The minimum Gasteiger partial charge on any atom is -0.399 e. The molecule has 0 amide bonds. The molecule has 0 spiro atoms. The standard InChI is InChI=1S/C20H21N3/c1-14-11-20(18-12-17(21)7-8-19(18)22-14)23-10-9-16(13-23)15-5-3-2-4-6-15/h2-8,11-12,16H,9-10,13,21H2,1H3/t16-/m0/s1. The van der Waals surface area contributed by atoms with Crippen molar-refractivity contribution in [2.75, 3.05) is 23.7 Å². The van der Waals surface area contributed by atoms with Crippen molar-refractivity contribution < 1.29 is 0 Å². The molecule has 3 nitrogen and oxygen atoms in total. The third-order valence-corrected chi connectivity index (χ3v) is 4.74. The second kappa shape index (κ2) is 5.58. The van der Waals surface area contributed by atoms with Gasteiger partial charge in [0.1, 0.15) is 0 Å². The quantitative estimate of drug-likeness (QED) is 0.724. The first kappa shape index (κ1) is 14.1. The van der Waals surface area contributed by atoms with E-state index in [-0.39, 0.29) is 0 Å². The predicted molar refractivity (Wildman–Crippen MR) is 96.9 cm³/mol. The van der Waals surface area contributed by atoms with Crippen molar-refractivity contribution in [3.05, 3.63) is 65.9 Å². The Bertz CT molecular complexity index is 842. The van der Waals surface area contributed by atoms with Gasteiger partial charge in [-0.2, -0.15) is 0 Å². The van der Waals surface area contributed by atoms with Gasteiger partial charge in [-0.25, -0.2) is 0 Å². The lowest BCUT2D eigenvalue weighted by atomic mass is 9.99. The largest absolute Gasteiger partial charge is 0.399 e. The fourth-order valence-electron chi connectivity index (χ4n) is 3.59. The average molecular weight is 303 g/mol. The number of hydrogen-bond donors (Lipinski definition) is 1. The number of aromatic nitrogens is 1. The van der Waals surface area contributed by atoms with Crippen LogP contribution in [-0.4, -0.2) is 18.1 Å². The molecule has 1 aliphatic rings. The number of benzene rings is 2. The minimum absolute atomic E-state index is 0.598. The van der Waals surface area contributed by atoms with E-state index in [9.17, 15) is 0 Å². The summed E-state index contributed by atoms with van der Waals surface area (Å²) in [6.45, 7) is 4.19. The van der Waals surface area contributed by atoms with Crippen LogP contribution in [0.4, 0.5) is 11.4 Å². The van der Waals surface area contributed by atoms with Gasteiger partial charge in [0.15, 0.2) is 0 Å². The van der Waals surface area contributed by atoms with Crippen LogP contribution in [-0.2, 0) is 0 Å². The predicted octanol–water partition coefficient (Wildman–Crippen LogP) is 4.12. The number of nitrogen functional groups attached to an aromatic ring is 1. The molecule has 3 heteroatoms. The number of aryl methyl sites for hydroxylation is 1. The number of nitrogens with zero attached hydrogens (tertiary/aromatic N) is 2. The highest BCUT2D eigenvalue weighted by Crippen LogP contribution is 2.35. The summed E-state index contributed by atoms with van der Waals surface area (Å²) in [7, 11) is 0. The lowest BCUT2D eigenvalue weighted by molar-refractivity contribution is 0.775. The third kappa shape index (κ3) is 2.63. The van der Waals surface area contributed by atoms with Gasteiger partial charge >= 0.3 is 0 Å². The second-order valence-electron chi connectivity index (χ2n) is 6.40. The topological polar surface area (TPSA) is 42.1 Å². The Hall–Kier alpha value is -2.55. The molecule has 0 radical (unpaired) electrons. The van der Waals surface area contributed by atoms with Crippen molar-refractivity contribution >= 4 is 22.3 Å². The van der Waals surface area contributed by atoms with Gasteiger partial charge in [-0.05, 0) is 43.2 Å². The Balaban J connectivity index is 1.71. The van der Waals surface area contributed by atoms with Gasteiger partial charge in [-0.15, -0.1) is 0 Å². The van der Waals surface area contributed by atoms with E-state index in [0.717, 1.165) is 35.4 Å². The van der Waals surface area contributed by atoms with Gasteiger partial charge in [-0.1, -0.05) is 30.3 Å². The van der Waals surface area contributed by atoms with Crippen LogP contribution < -0.4 is 10.6 Å². The summed E-state index contributed by atoms with van der Waals surface area (Å²) in [5, 5.41) is 1.16. The van der Waals surface area contributed by atoms with E-state index < -0.39 is 0 Å². The van der Waals surface area contributed by atoms with E-state index in [4.69, 9.17) is 5.73 Å². The van der Waals surface area contributed by atoms with Crippen LogP contribution in [0, 0.1) is 6.92 Å². The summed E-state index contributed by atoms with van der Waals surface area (Å²) in [6.07, 6.45) is 1.19. The van der Waals surface area contributed by atoms with Gasteiger partial charge < -0.3 is 10.6 Å². The number of hydrogen-bond acceptors (Lipinski definition) is 3. The molecule has 2 aromatic carbocycles. The zero-order valence-electron chi connectivity index (χ0n) is 13.4. The van der Waals surface area contributed by atoms with E-state index in [1.165, 1.54) is 17.7 Å². The highest BCUT2D eigenvalue weighted by molar-refractivity contribution is 5.94. The minimum atomic E-state index is 0.598. The van der Waals surface area contributed by atoms with E-state index in [0.29, 0.717) is 5.92 Å². The zero-order chi connectivity index (χ0) is 15.8. The molecule has 2 N–H and O–H groups in total. The number of fused-ring (bicyclic) bond motifs is 1. The van der Waals surface area contributed by atoms with Crippen LogP contribution in [0.2, 0.25) is 0 Å². The average Bonchev–Trinajstić information content (AvgIpc) is 3.05. The molecule has 1 fully saturated rings. The Morgan fingerprint density at radius 1 is 1.09 bits per heavy atom.